The molecule has 0 aliphatic heterocycles. The molecule has 5 nitrogen and oxygen atoms in total. The van der Waals surface area contributed by atoms with Crippen molar-refractivity contribution in [1.82, 2.24) is 10.2 Å². The number of methoxy groups -OCH3 is 1. The lowest BCUT2D eigenvalue weighted by Gasteiger charge is -1.99. The van der Waals surface area contributed by atoms with Crippen LogP contribution in [0.1, 0.15) is 5.56 Å². The highest BCUT2D eigenvalue weighted by molar-refractivity contribution is 7.18. The summed E-state index contributed by atoms with van der Waals surface area (Å²) in [5.41, 5.74) is 1.22. The standard InChI is InChI=1S/C18H14FN3O2S/c1-24-14-9-6-13(7-10-14)17-21-22-18(25-17)20-16(23)11-8-12-4-2-3-5-15(12)19/h2-11H,1H3,(H,20,22,23). The molecule has 0 saturated heterocycles. The molecule has 1 amide bonds. The Labute approximate surface area is 147 Å². The van der Waals surface area contributed by atoms with E-state index in [1.807, 2.05) is 24.3 Å². The summed E-state index contributed by atoms with van der Waals surface area (Å²) >= 11 is 1.25. The van der Waals surface area contributed by atoms with Crippen molar-refractivity contribution in [1.29, 1.82) is 0 Å². The fourth-order valence-corrected chi connectivity index (χ4v) is 2.80. The number of carbonyl (C=O) groups is 1. The van der Waals surface area contributed by atoms with Gasteiger partial charge in [0.25, 0.3) is 0 Å². The number of carbonyl (C=O) groups excluding carboxylic acids is 1. The van der Waals surface area contributed by atoms with E-state index >= 15 is 0 Å². The molecule has 0 aliphatic rings. The molecule has 0 bridgehead atoms. The first-order chi connectivity index (χ1) is 12.2. The van der Waals surface area contributed by atoms with E-state index in [2.05, 4.69) is 15.5 Å². The van der Waals surface area contributed by atoms with E-state index in [9.17, 15) is 9.18 Å². The number of amides is 1. The molecule has 126 valence electrons. The Balaban J connectivity index is 1.66. The molecule has 0 fully saturated rings. The molecule has 3 rings (SSSR count). The summed E-state index contributed by atoms with van der Waals surface area (Å²) in [5, 5.41) is 11.7. The zero-order chi connectivity index (χ0) is 17.6. The minimum absolute atomic E-state index is 0.342. The lowest BCUT2D eigenvalue weighted by Crippen LogP contribution is -2.07. The van der Waals surface area contributed by atoms with Crippen LogP contribution in [-0.2, 0) is 4.79 Å². The van der Waals surface area contributed by atoms with Gasteiger partial charge in [-0.05, 0) is 36.4 Å². The van der Waals surface area contributed by atoms with Crippen molar-refractivity contribution in [2.45, 2.75) is 0 Å². The van der Waals surface area contributed by atoms with Gasteiger partial charge in [0.15, 0.2) is 0 Å². The zero-order valence-corrected chi connectivity index (χ0v) is 14.1. The first-order valence-corrected chi connectivity index (χ1v) is 8.19. The van der Waals surface area contributed by atoms with Crippen molar-refractivity contribution in [2.24, 2.45) is 0 Å². The van der Waals surface area contributed by atoms with Crippen LogP contribution in [0.4, 0.5) is 9.52 Å². The fourth-order valence-electron chi connectivity index (χ4n) is 2.05. The van der Waals surface area contributed by atoms with Crippen LogP contribution in [0.2, 0.25) is 0 Å². The Hall–Kier alpha value is -3.06. The molecule has 1 aromatic heterocycles. The van der Waals surface area contributed by atoms with Crippen LogP contribution in [0, 0.1) is 5.82 Å². The van der Waals surface area contributed by atoms with Crippen LogP contribution in [0.5, 0.6) is 5.75 Å². The van der Waals surface area contributed by atoms with Gasteiger partial charge in [-0.2, -0.15) is 0 Å². The summed E-state index contributed by atoms with van der Waals surface area (Å²) in [4.78, 5) is 11.9. The van der Waals surface area contributed by atoms with Crippen molar-refractivity contribution < 1.29 is 13.9 Å². The summed E-state index contributed by atoms with van der Waals surface area (Å²) in [7, 11) is 1.60. The highest BCUT2D eigenvalue weighted by Gasteiger charge is 2.08. The molecule has 0 saturated carbocycles. The first kappa shape index (κ1) is 16.8. The number of ether oxygens (including phenoxy) is 1. The maximum absolute atomic E-state index is 13.5. The van der Waals surface area contributed by atoms with Crippen molar-refractivity contribution >= 4 is 28.5 Å². The largest absolute Gasteiger partial charge is 0.497 e. The maximum Gasteiger partial charge on any atom is 0.250 e. The molecular formula is C18H14FN3O2S. The summed E-state index contributed by atoms with van der Waals surface area (Å²) in [6.45, 7) is 0. The van der Waals surface area contributed by atoms with Gasteiger partial charge in [-0.3, -0.25) is 10.1 Å². The maximum atomic E-state index is 13.5. The third-order valence-electron chi connectivity index (χ3n) is 3.31. The van der Waals surface area contributed by atoms with Crippen LogP contribution in [0.15, 0.2) is 54.6 Å². The van der Waals surface area contributed by atoms with E-state index in [4.69, 9.17) is 4.74 Å². The van der Waals surface area contributed by atoms with Crippen molar-refractivity contribution in [3.8, 4) is 16.3 Å². The highest BCUT2D eigenvalue weighted by Crippen LogP contribution is 2.27. The Morgan fingerprint density at radius 3 is 2.64 bits per heavy atom. The summed E-state index contributed by atoms with van der Waals surface area (Å²) in [6, 6.07) is 13.6. The van der Waals surface area contributed by atoms with E-state index in [1.54, 1.807) is 25.3 Å². The fraction of sp³-hybridized carbons (Fsp3) is 0.0556. The molecule has 1 N–H and O–H groups in total. The summed E-state index contributed by atoms with van der Waals surface area (Å²) in [6.07, 6.45) is 2.67. The molecule has 0 atom stereocenters. The molecule has 2 aromatic carbocycles. The third-order valence-corrected chi connectivity index (χ3v) is 4.20. The monoisotopic (exact) mass is 355 g/mol. The van der Waals surface area contributed by atoms with E-state index in [-0.39, 0.29) is 5.82 Å². The minimum atomic E-state index is -0.402. The number of hydrogen-bond acceptors (Lipinski definition) is 5. The number of rotatable bonds is 5. The zero-order valence-electron chi connectivity index (χ0n) is 13.3. The molecule has 25 heavy (non-hydrogen) atoms. The second kappa shape index (κ2) is 7.67. The van der Waals surface area contributed by atoms with Crippen LogP contribution < -0.4 is 10.1 Å². The predicted molar refractivity (Wildman–Crippen MR) is 96.0 cm³/mol. The number of anilines is 1. The number of hydrogen-bond donors (Lipinski definition) is 1. The Kier molecular flexibility index (Phi) is 5.15. The molecule has 0 spiro atoms. The second-order valence-electron chi connectivity index (χ2n) is 4.98. The Bertz CT molecular complexity index is 907. The number of nitrogens with one attached hydrogen (secondary N) is 1. The van der Waals surface area contributed by atoms with E-state index in [0.717, 1.165) is 11.3 Å². The van der Waals surface area contributed by atoms with E-state index in [0.29, 0.717) is 15.7 Å². The van der Waals surface area contributed by atoms with Gasteiger partial charge in [-0.25, -0.2) is 4.39 Å². The second-order valence-corrected chi connectivity index (χ2v) is 5.96. The van der Waals surface area contributed by atoms with Gasteiger partial charge in [0.2, 0.25) is 11.0 Å². The van der Waals surface area contributed by atoms with E-state index in [1.165, 1.54) is 29.6 Å². The quantitative estimate of drug-likeness (QED) is 0.703. The van der Waals surface area contributed by atoms with Gasteiger partial charge in [0, 0.05) is 17.2 Å². The topological polar surface area (TPSA) is 64.1 Å². The molecular weight excluding hydrogens is 341 g/mol. The lowest BCUT2D eigenvalue weighted by atomic mass is 10.2. The van der Waals surface area contributed by atoms with Gasteiger partial charge < -0.3 is 4.74 Å². The first-order valence-electron chi connectivity index (χ1n) is 7.37. The molecule has 0 unspecified atom stereocenters. The van der Waals surface area contributed by atoms with Crippen LogP contribution >= 0.6 is 11.3 Å². The van der Waals surface area contributed by atoms with Gasteiger partial charge in [-0.1, -0.05) is 29.5 Å². The van der Waals surface area contributed by atoms with Crippen molar-refractivity contribution in [3.05, 3.63) is 66.0 Å². The molecule has 7 heteroatoms. The van der Waals surface area contributed by atoms with Gasteiger partial charge in [-0.15, -0.1) is 10.2 Å². The average Bonchev–Trinajstić information content (AvgIpc) is 3.09. The SMILES string of the molecule is COc1ccc(-c2nnc(NC(=O)C=Cc3ccccc3F)s2)cc1. The highest BCUT2D eigenvalue weighted by atomic mass is 32.1. The van der Waals surface area contributed by atoms with Gasteiger partial charge >= 0.3 is 0 Å². The van der Waals surface area contributed by atoms with E-state index < -0.39 is 5.91 Å². The van der Waals surface area contributed by atoms with Crippen LogP contribution in [-0.4, -0.2) is 23.2 Å². The average molecular weight is 355 g/mol. The minimum Gasteiger partial charge on any atom is -0.497 e. The number of halogens is 1. The molecule has 0 radical (unpaired) electrons. The number of aromatic nitrogens is 2. The Morgan fingerprint density at radius 2 is 1.92 bits per heavy atom. The summed E-state index contributed by atoms with van der Waals surface area (Å²) in [5.74, 6) is -0.0370. The summed E-state index contributed by atoms with van der Waals surface area (Å²) < 4.78 is 18.6. The van der Waals surface area contributed by atoms with Crippen LogP contribution in [0.25, 0.3) is 16.6 Å². The smallest absolute Gasteiger partial charge is 0.250 e. The number of nitrogens with zero attached hydrogens (tertiary/aromatic N) is 2. The van der Waals surface area contributed by atoms with Crippen molar-refractivity contribution in [2.75, 3.05) is 12.4 Å². The van der Waals surface area contributed by atoms with Crippen LogP contribution in [0.3, 0.4) is 0 Å². The molecule has 1 heterocycles. The normalized spacial score (nSPS) is 10.8. The molecule has 0 aliphatic carbocycles. The predicted octanol–water partition coefficient (Wildman–Crippen LogP) is 4.00. The Morgan fingerprint density at radius 1 is 1.16 bits per heavy atom. The van der Waals surface area contributed by atoms with Gasteiger partial charge in [0.1, 0.15) is 16.6 Å². The number of benzene rings is 2. The molecule has 3 aromatic rings. The lowest BCUT2D eigenvalue weighted by molar-refractivity contribution is -0.111. The van der Waals surface area contributed by atoms with Gasteiger partial charge in [0.05, 0.1) is 7.11 Å². The third kappa shape index (κ3) is 4.27. The van der Waals surface area contributed by atoms with Crippen molar-refractivity contribution in [3.63, 3.8) is 0 Å².